The molecule has 9 atom stereocenters. The average Bonchev–Trinajstić information content (AvgIpc) is 4.27. The van der Waals surface area contributed by atoms with Crippen LogP contribution in [-0.2, 0) is 46.1 Å². The molecule has 2 aliphatic heterocycles. The van der Waals surface area contributed by atoms with Crippen LogP contribution in [0.2, 0.25) is 0 Å². The summed E-state index contributed by atoms with van der Waals surface area (Å²) in [6, 6.07) is 13.6. The van der Waals surface area contributed by atoms with Crippen molar-refractivity contribution in [3.8, 4) is 17.2 Å². The monoisotopic (exact) mass is 1090 g/mol. The maximum atomic E-state index is 13.7. The third-order valence-electron chi connectivity index (χ3n) is 15.0. The summed E-state index contributed by atoms with van der Waals surface area (Å²) in [6.07, 6.45) is -7.13. The first kappa shape index (κ1) is 56.0. The molecule has 420 valence electrons. The zero-order chi connectivity index (χ0) is 57.0. The number of carbonyl (C=O) groups is 5. The summed E-state index contributed by atoms with van der Waals surface area (Å²) in [5.74, 6) is -2.49. The number of aliphatic hydroxyl groups excluding tert-OH is 2. The van der Waals surface area contributed by atoms with Crippen LogP contribution in [0.3, 0.4) is 0 Å². The first-order valence-electron chi connectivity index (χ1n) is 25.7. The molecule has 7 N–H and O–H groups in total. The number of nitrogens with one attached hydrogen (secondary N) is 5. The minimum atomic E-state index is -1.51. The summed E-state index contributed by atoms with van der Waals surface area (Å²) in [5, 5.41) is 28.9. The van der Waals surface area contributed by atoms with Crippen molar-refractivity contribution in [3.63, 3.8) is 0 Å². The van der Waals surface area contributed by atoms with Crippen LogP contribution in [-0.4, -0.2) is 130 Å². The lowest BCUT2D eigenvalue weighted by Gasteiger charge is -2.47. The minimum Gasteiger partial charge on any atom is -0.487 e. The third kappa shape index (κ3) is 11.2. The quantitative estimate of drug-likeness (QED) is 0.0371. The predicted octanol–water partition coefficient (Wildman–Crippen LogP) is 5.65. The van der Waals surface area contributed by atoms with Crippen LogP contribution >= 0.6 is 0 Å². The number of carbonyl (C=O) groups excluding carboxylic acids is 5. The number of aromatic nitrogens is 3. The molecule has 22 heteroatoms. The molecule has 9 rings (SSSR count). The standard InChI is InChI=1S/C57H65N5O17/c1-25-12-16-33(59-25)51(67)77-46-42(64)39(23-56(6,7)48(46)71-10)73-37-18-14-31-21-36(54(70)76-44(31)28(37)4)62-50(66)41-27(3)32(24-58-41)22-40(63)61-35-20-30-15-19-38(29(5)45(30)75-53(35)69)74-55-43(65)47(49(72-11)57(8,9)79-55)78-52(68)34-17-13-26(2)60-34/h12-20,24,36,39,42-43,46-49,55,58-60,64-65H,21-23H2,1-11H3,(H,61,63)(H,62,66)/t36?,39-,42-,43+,46-,47-,48+,49+,55+/m0/s1. The van der Waals surface area contributed by atoms with E-state index >= 15 is 0 Å². The summed E-state index contributed by atoms with van der Waals surface area (Å²) in [5.41, 5.74) is 1.82. The summed E-state index contributed by atoms with van der Waals surface area (Å²) in [4.78, 5) is 89.0. The largest absolute Gasteiger partial charge is 0.487 e. The summed E-state index contributed by atoms with van der Waals surface area (Å²) in [6.45, 7) is 15.9. The molecule has 4 aromatic heterocycles. The number of anilines is 1. The van der Waals surface area contributed by atoms with Gasteiger partial charge in [0.25, 0.3) is 5.91 Å². The molecule has 2 amide bonds. The zero-order valence-electron chi connectivity index (χ0n) is 45.6. The smallest absolute Gasteiger partial charge is 0.360 e. The molecular formula is C57H65N5O17. The number of hydrogen-bond donors (Lipinski definition) is 7. The molecule has 1 saturated carbocycles. The van der Waals surface area contributed by atoms with Gasteiger partial charge >= 0.3 is 23.5 Å². The molecular weight excluding hydrogens is 1030 g/mol. The molecule has 6 aromatic rings. The van der Waals surface area contributed by atoms with E-state index in [1.807, 2.05) is 13.8 Å². The molecule has 1 unspecified atom stereocenters. The topological polar surface area (TPSA) is 301 Å². The number of ether oxygens (including phenoxy) is 8. The average molecular weight is 1090 g/mol. The summed E-state index contributed by atoms with van der Waals surface area (Å²) >= 11 is 0. The minimum absolute atomic E-state index is 0.0863. The van der Waals surface area contributed by atoms with Gasteiger partial charge in [0.15, 0.2) is 18.3 Å². The first-order chi connectivity index (χ1) is 37.4. The van der Waals surface area contributed by atoms with Crippen LogP contribution in [0.4, 0.5) is 5.69 Å². The zero-order valence-corrected chi connectivity index (χ0v) is 45.6. The number of H-pyrrole nitrogens is 3. The fraction of sp³-hybridized carbons (Fsp3) is 0.439. The van der Waals surface area contributed by atoms with Crippen LogP contribution in [0.1, 0.15) is 105 Å². The van der Waals surface area contributed by atoms with E-state index in [2.05, 4.69) is 25.6 Å². The fourth-order valence-electron chi connectivity index (χ4n) is 10.8. The van der Waals surface area contributed by atoms with Crippen molar-refractivity contribution in [1.29, 1.82) is 0 Å². The van der Waals surface area contributed by atoms with Crippen LogP contribution < -0.4 is 30.5 Å². The van der Waals surface area contributed by atoms with Gasteiger partial charge < -0.3 is 78.1 Å². The lowest BCUT2D eigenvalue weighted by Crippen LogP contribution is -2.65. The maximum absolute atomic E-state index is 13.7. The van der Waals surface area contributed by atoms with Crippen molar-refractivity contribution in [2.75, 3.05) is 19.5 Å². The first-order valence-corrected chi connectivity index (χ1v) is 25.7. The number of rotatable bonds is 15. The Morgan fingerprint density at radius 2 is 1.38 bits per heavy atom. The van der Waals surface area contributed by atoms with Gasteiger partial charge in [0.2, 0.25) is 12.2 Å². The highest BCUT2D eigenvalue weighted by Crippen LogP contribution is 2.43. The van der Waals surface area contributed by atoms with E-state index in [0.717, 1.165) is 11.4 Å². The number of amides is 2. The van der Waals surface area contributed by atoms with Gasteiger partial charge in [0.05, 0.1) is 12.0 Å². The van der Waals surface area contributed by atoms with Crippen LogP contribution in [0.15, 0.2) is 70.0 Å². The normalized spacial score (nSPS) is 24.2. The van der Waals surface area contributed by atoms with Gasteiger partial charge in [-0.15, -0.1) is 0 Å². The van der Waals surface area contributed by atoms with Crippen molar-refractivity contribution in [2.45, 2.75) is 142 Å². The second-order valence-electron chi connectivity index (χ2n) is 21.6. The number of aromatic amines is 3. The second kappa shape index (κ2) is 21.8. The number of hydrogen-bond acceptors (Lipinski definition) is 17. The SMILES string of the molecule is CO[C@@H]1[C@@H](OC(=O)c2ccc(C)[nH]2)[C@@H](O)[C@@H](Oc2ccc3c(c2C)OC(=O)C(NC(=O)c2[nH]cc(CC(=O)Nc4cc5ccc(O[C@@H]6OC(C)(C)[C@H](OC)[C@@H](OC(=O)c7ccc(C)[nH]7)[C@H]6O)c(C)c5oc4=O)c2C)C3)CC1(C)C. The molecule has 0 spiro atoms. The molecule has 6 heterocycles. The molecule has 0 bridgehead atoms. The molecule has 1 aliphatic carbocycles. The predicted molar refractivity (Wildman–Crippen MR) is 282 cm³/mol. The van der Waals surface area contributed by atoms with E-state index in [1.54, 1.807) is 97.0 Å². The molecule has 22 nitrogen and oxygen atoms in total. The Hall–Kier alpha value is -7.76. The number of fused-ring (bicyclic) bond motifs is 2. The van der Waals surface area contributed by atoms with Gasteiger partial charge in [-0.3, -0.25) is 9.59 Å². The highest BCUT2D eigenvalue weighted by Gasteiger charge is 2.54. The molecule has 0 radical (unpaired) electrons. The van der Waals surface area contributed by atoms with E-state index in [1.165, 1.54) is 26.5 Å². The van der Waals surface area contributed by atoms with Crippen LogP contribution in [0, 0.1) is 40.0 Å². The molecule has 79 heavy (non-hydrogen) atoms. The maximum Gasteiger partial charge on any atom is 0.360 e. The van der Waals surface area contributed by atoms with Gasteiger partial charge in [-0.1, -0.05) is 19.9 Å². The summed E-state index contributed by atoms with van der Waals surface area (Å²) in [7, 11) is 2.91. The van der Waals surface area contributed by atoms with Crippen molar-refractivity contribution >= 4 is 46.4 Å². The highest BCUT2D eigenvalue weighted by atomic mass is 16.7. The Labute approximate surface area is 453 Å². The lowest BCUT2D eigenvalue weighted by molar-refractivity contribution is -0.305. The van der Waals surface area contributed by atoms with Gasteiger partial charge in [-0.05, 0) is 126 Å². The number of benzene rings is 2. The van der Waals surface area contributed by atoms with Gasteiger partial charge in [-0.25, -0.2) is 19.2 Å². The van der Waals surface area contributed by atoms with Gasteiger partial charge in [-0.2, -0.15) is 0 Å². The Morgan fingerprint density at radius 3 is 2.00 bits per heavy atom. The van der Waals surface area contributed by atoms with Crippen LogP contribution in [0.5, 0.6) is 17.2 Å². The van der Waals surface area contributed by atoms with Crippen LogP contribution in [0.25, 0.3) is 11.0 Å². The highest BCUT2D eigenvalue weighted by molar-refractivity contribution is 5.99. The Bertz CT molecular complexity index is 3400. The van der Waals surface area contributed by atoms with Gasteiger partial charge in [0.1, 0.15) is 76.1 Å². The fourth-order valence-corrected chi connectivity index (χ4v) is 10.8. The molecule has 2 aromatic carbocycles. The number of esters is 3. The van der Waals surface area contributed by atoms with Crippen molar-refractivity contribution in [2.24, 2.45) is 5.41 Å². The Balaban J connectivity index is 0.817. The lowest BCUT2D eigenvalue weighted by atomic mass is 9.70. The second-order valence-corrected chi connectivity index (χ2v) is 21.6. The van der Waals surface area contributed by atoms with E-state index < -0.39 is 101 Å². The van der Waals surface area contributed by atoms with Crippen molar-refractivity contribution in [1.82, 2.24) is 20.3 Å². The Morgan fingerprint density at radius 1 is 0.759 bits per heavy atom. The molecule has 1 saturated heterocycles. The number of aryl methyl sites for hydroxylation is 3. The van der Waals surface area contributed by atoms with E-state index in [0.29, 0.717) is 45.4 Å². The van der Waals surface area contributed by atoms with Crippen molar-refractivity contribution < 1.29 is 76.5 Å². The third-order valence-corrected chi connectivity index (χ3v) is 15.0. The molecule has 3 aliphatic rings. The van der Waals surface area contributed by atoms with E-state index in [9.17, 15) is 39.0 Å². The Kier molecular flexibility index (Phi) is 15.5. The number of methoxy groups -OCH3 is 2. The number of aliphatic hydroxyl groups is 2. The molecule has 2 fully saturated rings. The summed E-state index contributed by atoms with van der Waals surface area (Å²) < 4.78 is 53.3. The van der Waals surface area contributed by atoms with Crippen molar-refractivity contribution in [3.05, 3.63) is 128 Å². The van der Waals surface area contributed by atoms with E-state index in [-0.39, 0.29) is 52.7 Å². The van der Waals surface area contributed by atoms with Gasteiger partial charge in [0, 0.05) is 54.7 Å². The van der Waals surface area contributed by atoms with E-state index in [4.69, 9.17) is 42.3 Å².